The first kappa shape index (κ1) is 20.0. The fourth-order valence-corrected chi connectivity index (χ4v) is 4.31. The summed E-state index contributed by atoms with van der Waals surface area (Å²) in [7, 11) is 0. The molecule has 2 aliphatic rings. The summed E-state index contributed by atoms with van der Waals surface area (Å²) >= 11 is 5.92. The lowest BCUT2D eigenvalue weighted by Gasteiger charge is -2.35. The van der Waals surface area contributed by atoms with Crippen molar-refractivity contribution in [3.05, 3.63) is 63.8 Å². The van der Waals surface area contributed by atoms with E-state index in [2.05, 4.69) is 9.88 Å². The van der Waals surface area contributed by atoms with Gasteiger partial charge < -0.3 is 9.80 Å². The van der Waals surface area contributed by atoms with Crippen molar-refractivity contribution in [3.8, 4) is 0 Å². The van der Waals surface area contributed by atoms with Crippen molar-refractivity contribution < 1.29 is 4.79 Å². The SMILES string of the molecule is O=C(CCc1nc2ccccc2c(=O)n1C1CC1)N1CCN(c2ccc(Cl)cn2)CC1. The molecule has 1 aliphatic heterocycles. The van der Waals surface area contributed by atoms with Gasteiger partial charge in [0.15, 0.2) is 0 Å². The highest BCUT2D eigenvalue weighted by atomic mass is 35.5. The first-order chi connectivity index (χ1) is 15.1. The third-order valence-electron chi connectivity index (χ3n) is 6.02. The molecule has 31 heavy (non-hydrogen) atoms. The molecule has 0 radical (unpaired) electrons. The van der Waals surface area contributed by atoms with Gasteiger partial charge in [-0.1, -0.05) is 23.7 Å². The molecule has 160 valence electrons. The highest BCUT2D eigenvalue weighted by molar-refractivity contribution is 6.30. The maximum Gasteiger partial charge on any atom is 0.261 e. The molecule has 0 bridgehead atoms. The van der Waals surface area contributed by atoms with Crippen molar-refractivity contribution in [1.82, 2.24) is 19.4 Å². The monoisotopic (exact) mass is 437 g/mol. The quantitative estimate of drug-likeness (QED) is 0.613. The van der Waals surface area contributed by atoms with Crippen molar-refractivity contribution in [1.29, 1.82) is 0 Å². The number of halogens is 1. The summed E-state index contributed by atoms with van der Waals surface area (Å²) in [6, 6.07) is 11.4. The standard InChI is InChI=1S/C23H24ClN5O2/c24-16-5-8-20(25-15-16)27-11-13-28(14-12-27)22(30)10-9-21-26-19-4-2-1-3-18(19)23(31)29(21)17-6-7-17/h1-5,8,15,17H,6-7,9-14H2. The molecule has 5 rings (SSSR count). The molecular weight excluding hydrogens is 414 g/mol. The topological polar surface area (TPSA) is 71.3 Å². The number of anilines is 1. The second kappa shape index (κ2) is 8.30. The first-order valence-electron chi connectivity index (χ1n) is 10.7. The normalized spacial score (nSPS) is 16.7. The molecule has 3 heterocycles. The van der Waals surface area contributed by atoms with Crippen LogP contribution in [0.2, 0.25) is 5.02 Å². The van der Waals surface area contributed by atoms with Crippen molar-refractivity contribution in [3.63, 3.8) is 0 Å². The molecule has 0 atom stereocenters. The number of aromatic nitrogens is 3. The number of benzene rings is 1. The first-order valence-corrected chi connectivity index (χ1v) is 11.1. The van der Waals surface area contributed by atoms with E-state index in [9.17, 15) is 9.59 Å². The Morgan fingerprint density at radius 2 is 1.84 bits per heavy atom. The van der Waals surface area contributed by atoms with Crippen LogP contribution < -0.4 is 10.5 Å². The molecule has 1 amide bonds. The average molecular weight is 438 g/mol. The number of fused-ring (bicyclic) bond motifs is 1. The largest absolute Gasteiger partial charge is 0.353 e. The third kappa shape index (κ3) is 4.14. The molecular formula is C23H24ClN5O2. The Balaban J connectivity index is 1.25. The summed E-state index contributed by atoms with van der Waals surface area (Å²) in [5.41, 5.74) is 0.718. The van der Waals surface area contributed by atoms with E-state index in [0.29, 0.717) is 41.9 Å². The van der Waals surface area contributed by atoms with Crippen molar-refractivity contribution in [2.75, 3.05) is 31.1 Å². The van der Waals surface area contributed by atoms with E-state index in [1.807, 2.05) is 45.9 Å². The Kier molecular flexibility index (Phi) is 5.36. The lowest BCUT2D eigenvalue weighted by atomic mass is 10.2. The van der Waals surface area contributed by atoms with E-state index < -0.39 is 0 Å². The molecule has 1 saturated carbocycles. The minimum Gasteiger partial charge on any atom is -0.353 e. The molecule has 0 N–H and O–H groups in total. The van der Waals surface area contributed by atoms with Crippen LogP contribution in [0.15, 0.2) is 47.4 Å². The second-order valence-corrected chi connectivity index (χ2v) is 8.59. The zero-order chi connectivity index (χ0) is 21.4. The van der Waals surface area contributed by atoms with Gasteiger partial charge in [0.2, 0.25) is 5.91 Å². The maximum absolute atomic E-state index is 13.0. The zero-order valence-corrected chi connectivity index (χ0v) is 18.0. The van der Waals surface area contributed by atoms with E-state index in [1.165, 1.54) is 0 Å². The van der Waals surface area contributed by atoms with E-state index >= 15 is 0 Å². The van der Waals surface area contributed by atoms with Crippen LogP contribution in [0, 0.1) is 0 Å². The summed E-state index contributed by atoms with van der Waals surface area (Å²) in [6.07, 6.45) is 4.48. The molecule has 8 heteroatoms. The molecule has 1 aromatic carbocycles. The number of rotatable bonds is 5. The third-order valence-corrected chi connectivity index (χ3v) is 6.25. The number of amides is 1. The van der Waals surface area contributed by atoms with Crippen molar-refractivity contribution >= 4 is 34.2 Å². The molecule has 0 spiro atoms. The van der Waals surface area contributed by atoms with Gasteiger partial charge in [-0.05, 0) is 37.1 Å². The van der Waals surface area contributed by atoms with Crippen LogP contribution in [0.1, 0.15) is 31.1 Å². The number of carbonyl (C=O) groups excluding carboxylic acids is 1. The van der Waals surface area contributed by atoms with Gasteiger partial charge in [0.25, 0.3) is 5.56 Å². The number of piperazine rings is 1. The number of nitrogens with zero attached hydrogens (tertiary/aromatic N) is 5. The summed E-state index contributed by atoms with van der Waals surface area (Å²) in [5, 5.41) is 1.26. The summed E-state index contributed by atoms with van der Waals surface area (Å²) in [4.78, 5) is 39.0. The molecule has 0 unspecified atom stereocenters. The van der Waals surface area contributed by atoms with Gasteiger partial charge in [0, 0.05) is 51.3 Å². The Hall–Kier alpha value is -2.93. The van der Waals surface area contributed by atoms with Crippen LogP contribution in [-0.4, -0.2) is 51.5 Å². The minimum absolute atomic E-state index is 0.0135. The van der Waals surface area contributed by atoms with Crippen LogP contribution in [0.25, 0.3) is 10.9 Å². The zero-order valence-electron chi connectivity index (χ0n) is 17.2. The molecule has 2 aromatic heterocycles. The molecule has 1 aliphatic carbocycles. The van der Waals surface area contributed by atoms with Gasteiger partial charge >= 0.3 is 0 Å². The van der Waals surface area contributed by atoms with Crippen molar-refractivity contribution in [2.24, 2.45) is 0 Å². The average Bonchev–Trinajstić information content (AvgIpc) is 3.63. The number of para-hydroxylation sites is 1. The molecule has 3 aromatic rings. The van der Waals surface area contributed by atoms with Gasteiger partial charge in [-0.25, -0.2) is 9.97 Å². The summed E-state index contributed by atoms with van der Waals surface area (Å²) in [6.45, 7) is 2.79. The van der Waals surface area contributed by atoms with Gasteiger partial charge in [-0.3, -0.25) is 14.2 Å². The minimum atomic E-state index is 0.0135. The van der Waals surface area contributed by atoms with Gasteiger partial charge in [0.05, 0.1) is 15.9 Å². The number of carbonyl (C=O) groups is 1. The van der Waals surface area contributed by atoms with Gasteiger partial charge in [-0.15, -0.1) is 0 Å². The fraction of sp³-hybridized carbons (Fsp3) is 0.391. The highest BCUT2D eigenvalue weighted by Crippen LogP contribution is 2.35. The number of aryl methyl sites for hydroxylation is 1. The van der Waals surface area contributed by atoms with Gasteiger partial charge in [0.1, 0.15) is 11.6 Å². The van der Waals surface area contributed by atoms with E-state index in [1.54, 1.807) is 6.20 Å². The Morgan fingerprint density at radius 3 is 2.55 bits per heavy atom. The Morgan fingerprint density at radius 1 is 1.06 bits per heavy atom. The number of hydrogen-bond acceptors (Lipinski definition) is 5. The molecule has 1 saturated heterocycles. The summed E-state index contributed by atoms with van der Waals surface area (Å²) in [5.74, 6) is 1.71. The lowest BCUT2D eigenvalue weighted by molar-refractivity contribution is -0.131. The van der Waals surface area contributed by atoms with E-state index in [4.69, 9.17) is 16.6 Å². The van der Waals surface area contributed by atoms with Crippen LogP contribution in [0.3, 0.4) is 0 Å². The van der Waals surface area contributed by atoms with Crippen LogP contribution in [-0.2, 0) is 11.2 Å². The highest BCUT2D eigenvalue weighted by Gasteiger charge is 2.29. The smallest absolute Gasteiger partial charge is 0.261 e. The Bertz CT molecular complexity index is 1160. The van der Waals surface area contributed by atoms with Gasteiger partial charge in [-0.2, -0.15) is 0 Å². The fourth-order valence-electron chi connectivity index (χ4n) is 4.19. The predicted molar refractivity (Wildman–Crippen MR) is 121 cm³/mol. The van der Waals surface area contributed by atoms with Crippen molar-refractivity contribution in [2.45, 2.75) is 31.7 Å². The Labute approximate surface area is 185 Å². The molecule has 7 nitrogen and oxygen atoms in total. The van der Waals surface area contributed by atoms with Crippen LogP contribution in [0.4, 0.5) is 5.82 Å². The maximum atomic E-state index is 13.0. The van der Waals surface area contributed by atoms with Crippen LogP contribution in [0.5, 0.6) is 0 Å². The number of pyridine rings is 1. The molecule has 2 fully saturated rings. The summed E-state index contributed by atoms with van der Waals surface area (Å²) < 4.78 is 1.82. The number of hydrogen-bond donors (Lipinski definition) is 0. The van der Waals surface area contributed by atoms with Crippen LogP contribution >= 0.6 is 11.6 Å². The second-order valence-electron chi connectivity index (χ2n) is 8.15. The lowest BCUT2D eigenvalue weighted by Crippen LogP contribution is -2.49. The van der Waals surface area contributed by atoms with E-state index in [0.717, 1.165) is 37.6 Å². The predicted octanol–water partition coefficient (Wildman–Crippen LogP) is 3.06. The van der Waals surface area contributed by atoms with E-state index in [-0.39, 0.29) is 17.5 Å².